The van der Waals surface area contributed by atoms with Crippen LogP contribution in [0, 0.1) is 11.8 Å². The third-order valence-electron chi connectivity index (χ3n) is 6.76. The Bertz CT molecular complexity index is 866. The molecule has 0 aromatic carbocycles. The molecule has 3 heterocycles. The maximum Gasteiger partial charge on any atom is 0.325 e. The number of amides is 4. The minimum absolute atomic E-state index is 0.0168. The number of pyridine rings is 1. The van der Waals surface area contributed by atoms with Gasteiger partial charge in [-0.2, -0.15) is 0 Å². The van der Waals surface area contributed by atoms with Crippen LogP contribution in [-0.4, -0.2) is 90.5 Å². The summed E-state index contributed by atoms with van der Waals surface area (Å²) < 4.78 is 5.25. The van der Waals surface area contributed by atoms with E-state index in [0.29, 0.717) is 62.8 Å². The van der Waals surface area contributed by atoms with E-state index >= 15 is 0 Å². The van der Waals surface area contributed by atoms with Crippen molar-refractivity contribution in [1.29, 1.82) is 0 Å². The van der Waals surface area contributed by atoms with Gasteiger partial charge < -0.3 is 19.9 Å². The summed E-state index contributed by atoms with van der Waals surface area (Å²) in [5.41, 5.74) is -0.456. The lowest BCUT2D eigenvalue weighted by atomic mass is 9.73. The van der Waals surface area contributed by atoms with Gasteiger partial charge in [0.15, 0.2) is 0 Å². The van der Waals surface area contributed by atoms with E-state index in [0.717, 1.165) is 6.42 Å². The van der Waals surface area contributed by atoms with Crippen LogP contribution in [0.5, 0.6) is 5.88 Å². The van der Waals surface area contributed by atoms with Crippen LogP contribution in [0.15, 0.2) is 18.3 Å². The van der Waals surface area contributed by atoms with Crippen molar-refractivity contribution >= 4 is 17.8 Å². The zero-order chi connectivity index (χ0) is 24.2. The molecule has 1 aromatic heterocycles. The van der Waals surface area contributed by atoms with Crippen molar-refractivity contribution in [2.24, 2.45) is 11.8 Å². The van der Waals surface area contributed by atoms with E-state index in [1.54, 1.807) is 23.2 Å². The average Bonchev–Trinajstić information content (AvgIpc) is 3.05. The molecule has 1 aromatic rings. The molecule has 2 fully saturated rings. The summed E-state index contributed by atoms with van der Waals surface area (Å²) in [7, 11) is 5.35. The van der Waals surface area contributed by atoms with E-state index in [1.807, 2.05) is 19.0 Å². The maximum absolute atomic E-state index is 13.6. The van der Waals surface area contributed by atoms with Gasteiger partial charge in [0.05, 0.1) is 7.11 Å². The van der Waals surface area contributed by atoms with E-state index < -0.39 is 5.54 Å². The molecule has 1 unspecified atom stereocenters. The number of likely N-dealkylation sites (tertiary alicyclic amines) is 1. The van der Waals surface area contributed by atoms with Gasteiger partial charge in [-0.15, -0.1) is 0 Å². The van der Waals surface area contributed by atoms with Gasteiger partial charge in [0, 0.05) is 32.4 Å². The first-order chi connectivity index (χ1) is 15.7. The first-order valence-electron chi connectivity index (χ1n) is 11.8. The fourth-order valence-electron chi connectivity index (χ4n) is 4.78. The second-order valence-electron chi connectivity index (χ2n) is 9.72. The monoisotopic (exact) mass is 459 g/mol. The van der Waals surface area contributed by atoms with Crippen LogP contribution < -0.4 is 10.1 Å². The van der Waals surface area contributed by atoms with Crippen molar-refractivity contribution in [1.82, 2.24) is 25.0 Å². The molecule has 1 atom stereocenters. The fourth-order valence-corrected chi connectivity index (χ4v) is 4.78. The summed E-state index contributed by atoms with van der Waals surface area (Å²) in [5.74, 6) is 0.476. The molecule has 0 bridgehead atoms. The Kier molecular flexibility index (Phi) is 7.94. The summed E-state index contributed by atoms with van der Waals surface area (Å²) in [6.07, 6.45) is 4.36. The van der Waals surface area contributed by atoms with Crippen LogP contribution in [0.25, 0.3) is 0 Å². The predicted octanol–water partition coefficient (Wildman–Crippen LogP) is 2.23. The van der Waals surface area contributed by atoms with Gasteiger partial charge in [0.25, 0.3) is 11.8 Å². The zero-order valence-electron chi connectivity index (χ0n) is 20.5. The largest absolute Gasteiger partial charge is 0.480 e. The molecule has 2 aliphatic heterocycles. The number of urea groups is 1. The van der Waals surface area contributed by atoms with Crippen molar-refractivity contribution in [3.8, 4) is 5.88 Å². The van der Waals surface area contributed by atoms with Crippen molar-refractivity contribution in [2.45, 2.75) is 45.1 Å². The molecule has 3 rings (SSSR count). The van der Waals surface area contributed by atoms with E-state index in [1.165, 1.54) is 12.0 Å². The lowest BCUT2D eigenvalue weighted by Crippen LogP contribution is -2.56. The zero-order valence-corrected chi connectivity index (χ0v) is 20.5. The van der Waals surface area contributed by atoms with Crippen LogP contribution in [0.2, 0.25) is 0 Å². The normalized spacial score (nSPS) is 21.8. The van der Waals surface area contributed by atoms with Crippen LogP contribution in [-0.2, 0) is 4.79 Å². The number of rotatable bonds is 9. The number of ether oxygens (including phenoxy) is 1. The number of carbonyl (C=O) groups is 3. The Morgan fingerprint density at radius 1 is 1.30 bits per heavy atom. The SMILES string of the molecule is COc1ncccc1C(=O)N1CCC(C2(CCC(C)C)NC(=O)N(CCN(C)C)C2=O)CC1. The number of likely N-dealkylation sites (N-methyl/N-ethyl adjacent to an activating group) is 1. The first kappa shape index (κ1) is 25.0. The molecular formula is C24H37N5O4. The molecular weight excluding hydrogens is 422 g/mol. The van der Waals surface area contributed by atoms with Gasteiger partial charge in [0.2, 0.25) is 5.88 Å². The Morgan fingerprint density at radius 3 is 2.61 bits per heavy atom. The number of nitrogens with one attached hydrogen (secondary N) is 1. The van der Waals surface area contributed by atoms with Crippen molar-refractivity contribution in [2.75, 3.05) is 47.4 Å². The molecule has 0 aliphatic carbocycles. The van der Waals surface area contributed by atoms with Gasteiger partial charge in [-0.1, -0.05) is 13.8 Å². The summed E-state index contributed by atoms with van der Waals surface area (Å²) in [5, 5.41) is 3.10. The van der Waals surface area contributed by atoms with Crippen LogP contribution in [0.3, 0.4) is 0 Å². The van der Waals surface area contributed by atoms with Gasteiger partial charge >= 0.3 is 6.03 Å². The average molecular weight is 460 g/mol. The number of hydrogen-bond donors (Lipinski definition) is 1. The quantitative estimate of drug-likeness (QED) is 0.569. The molecule has 2 saturated heterocycles. The highest BCUT2D eigenvalue weighted by molar-refractivity contribution is 6.07. The smallest absolute Gasteiger partial charge is 0.325 e. The molecule has 9 heteroatoms. The van der Waals surface area contributed by atoms with E-state index in [2.05, 4.69) is 24.1 Å². The Hall–Kier alpha value is -2.68. The van der Waals surface area contributed by atoms with Crippen molar-refractivity contribution < 1.29 is 19.1 Å². The molecule has 2 aliphatic rings. The molecule has 9 nitrogen and oxygen atoms in total. The van der Waals surface area contributed by atoms with E-state index in [-0.39, 0.29) is 23.8 Å². The molecule has 33 heavy (non-hydrogen) atoms. The molecule has 0 saturated carbocycles. The topological polar surface area (TPSA) is 95.1 Å². The highest BCUT2D eigenvalue weighted by atomic mass is 16.5. The maximum atomic E-state index is 13.6. The Balaban J connectivity index is 1.75. The minimum Gasteiger partial charge on any atom is -0.480 e. The molecule has 0 radical (unpaired) electrons. The molecule has 4 amide bonds. The second-order valence-corrected chi connectivity index (χ2v) is 9.72. The Morgan fingerprint density at radius 2 is 2.00 bits per heavy atom. The fraction of sp³-hybridized carbons (Fsp3) is 0.667. The van der Waals surface area contributed by atoms with Crippen LogP contribution in [0.4, 0.5) is 4.79 Å². The first-order valence-corrected chi connectivity index (χ1v) is 11.8. The highest BCUT2D eigenvalue weighted by Gasteiger charge is 2.55. The molecule has 1 N–H and O–H groups in total. The summed E-state index contributed by atoms with van der Waals surface area (Å²) >= 11 is 0. The van der Waals surface area contributed by atoms with Gasteiger partial charge in [-0.25, -0.2) is 9.78 Å². The third-order valence-corrected chi connectivity index (χ3v) is 6.76. The third kappa shape index (κ3) is 5.29. The standard InChI is InChI=1S/C24H37N5O4/c1-17(2)8-11-24(22(31)29(23(32)26-24)16-15-27(3)4)18-9-13-28(14-10-18)21(30)19-7-6-12-25-20(19)33-5/h6-7,12,17-18H,8-11,13-16H2,1-5H3,(H,26,32). The Labute approximate surface area is 196 Å². The minimum atomic E-state index is -0.894. The van der Waals surface area contributed by atoms with Gasteiger partial charge in [-0.3, -0.25) is 14.5 Å². The number of hydrogen-bond acceptors (Lipinski definition) is 6. The second kappa shape index (κ2) is 10.5. The van der Waals surface area contributed by atoms with Crippen molar-refractivity contribution in [3.05, 3.63) is 23.9 Å². The van der Waals surface area contributed by atoms with Gasteiger partial charge in [-0.05, 0) is 63.7 Å². The summed E-state index contributed by atoms with van der Waals surface area (Å²) in [6, 6.07) is 3.14. The number of carbonyl (C=O) groups excluding carboxylic acids is 3. The summed E-state index contributed by atoms with van der Waals surface area (Å²) in [6.45, 7) is 6.29. The van der Waals surface area contributed by atoms with Crippen LogP contribution >= 0.6 is 0 Å². The number of nitrogens with zero attached hydrogens (tertiary/aromatic N) is 4. The predicted molar refractivity (Wildman–Crippen MR) is 125 cm³/mol. The number of imide groups is 1. The van der Waals surface area contributed by atoms with E-state index in [4.69, 9.17) is 4.74 Å². The van der Waals surface area contributed by atoms with Gasteiger partial charge in [0.1, 0.15) is 11.1 Å². The molecule has 0 spiro atoms. The molecule has 182 valence electrons. The highest BCUT2D eigenvalue weighted by Crippen LogP contribution is 2.38. The number of methoxy groups -OCH3 is 1. The summed E-state index contributed by atoms with van der Waals surface area (Å²) in [4.78, 5) is 48.8. The number of piperidine rings is 1. The van der Waals surface area contributed by atoms with Crippen LogP contribution in [0.1, 0.15) is 49.9 Å². The lowest BCUT2D eigenvalue weighted by molar-refractivity contribution is -0.134. The van der Waals surface area contributed by atoms with E-state index in [9.17, 15) is 14.4 Å². The van der Waals surface area contributed by atoms with Crippen molar-refractivity contribution in [3.63, 3.8) is 0 Å². The number of aromatic nitrogens is 1. The lowest BCUT2D eigenvalue weighted by Gasteiger charge is -2.41.